The van der Waals surface area contributed by atoms with Crippen molar-refractivity contribution in [3.05, 3.63) is 0 Å². The van der Waals surface area contributed by atoms with Crippen molar-refractivity contribution in [2.45, 2.75) is 66.5 Å². The molecule has 0 aromatic heterocycles. The first-order valence-corrected chi connectivity index (χ1v) is 7.32. The summed E-state index contributed by atoms with van der Waals surface area (Å²) in [5.41, 5.74) is 0.421. The van der Waals surface area contributed by atoms with Gasteiger partial charge >= 0.3 is 0 Å². The van der Waals surface area contributed by atoms with Gasteiger partial charge in [0.1, 0.15) is 0 Å². The number of piperazine rings is 1. The zero-order valence-electron chi connectivity index (χ0n) is 12.7. The van der Waals surface area contributed by atoms with Crippen LogP contribution in [-0.4, -0.2) is 36.6 Å². The molecule has 0 aromatic carbocycles. The summed E-state index contributed by atoms with van der Waals surface area (Å²) in [4.78, 5) is 2.69. The van der Waals surface area contributed by atoms with E-state index < -0.39 is 0 Å². The molecule has 1 N–H and O–H groups in total. The summed E-state index contributed by atoms with van der Waals surface area (Å²) in [6.45, 7) is 17.7. The fraction of sp³-hybridized carbons (Fsp3) is 1.00. The van der Waals surface area contributed by atoms with Gasteiger partial charge in [-0.15, -0.1) is 0 Å². The Kier molecular flexibility index (Phi) is 5.46. The topological polar surface area (TPSA) is 15.3 Å². The predicted octanol–water partition coefficient (Wildman–Crippen LogP) is 3.13. The monoisotopic (exact) mass is 240 g/mol. The molecule has 0 spiro atoms. The van der Waals surface area contributed by atoms with Gasteiger partial charge in [0, 0.05) is 31.7 Å². The van der Waals surface area contributed by atoms with Crippen molar-refractivity contribution >= 4 is 0 Å². The van der Waals surface area contributed by atoms with Gasteiger partial charge in [-0.05, 0) is 24.7 Å². The van der Waals surface area contributed by atoms with Crippen molar-refractivity contribution < 1.29 is 0 Å². The van der Waals surface area contributed by atoms with E-state index in [-0.39, 0.29) is 0 Å². The highest BCUT2D eigenvalue weighted by Gasteiger charge is 2.28. The Balaban J connectivity index is 2.50. The molecule has 17 heavy (non-hydrogen) atoms. The van der Waals surface area contributed by atoms with E-state index in [9.17, 15) is 0 Å². The molecule has 0 aliphatic carbocycles. The average Bonchev–Trinajstić information content (AvgIpc) is 2.22. The van der Waals surface area contributed by atoms with Crippen molar-refractivity contribution in [1.29, 1.82) is 0 Å². The molecule has 2 nitrogen and oxygen atoms in total. The Morgan fingerprint density at radius 1 is 1.35 bits per heavy atom. The fourth-order valence-corrected chi connectivity index (χ4v) is 2.42. The van der Waals surface area contributed by atoms with Crippen molar-refractivity contribution in [2.24, 2.45) is 11.3 Å². The van der Waals surface area contributed by atoms with Crippen LogP contribution in [0.1, 0.15) is 54.4 Å². The fourth-order valence-electron chi connectivity index (χ4n) is 2.42. The van der Waals surface area contributed by atoms with Gasteiger partial charge in [0.2, 0.25) is 0 Å². The highest BCUT2D eigenvalue weighted by atomic mass is 15.2. The molecular formula is C15H32N2. The quantitative estimate of drug-likeness (QED) is 0.812. The van der Waals surface area contributed by atoms with Crippen molar-refractivity contribution in [2.75, 3.05) is 19.6 Å². The standard InChI is InChI=1S/C15H32N2/c1-7-8-14-11-17(13(3)9-16-14)10-12(2)15(4,5)6/h12-14,16H,7-11H2,1-6H3. The van der Waals surface area contributed by atoms with Crippen LogP contribution in [0.5, 0.6) is 0 Å². The molecule has 0 radical (unpaired) electrons. The van der Waals surface area contributed by atoms with Crippen molar-refractivity contribution in [3.8, 4) is 0 Å². The zero-order valence-corrected chi connectivity index (χ0v) is 12.7. The van der Waals surface area contributed by atoms with E-state index in [4.69, 9.17) is 0 Å². The Morgan fingerprint density at radius 2 is 2.00 bits per heavy atom. The van der Waals surface area contributed by atoms with Gasteiger partial charge in [-0.2, -0.15) is 0 Å². The predicted molar refractivity (Wildman–Crippen MR) is 76.4 cm³/mol. The first kappa shape index (κ1) is 15.0. The van der Waals surface area contributed by atoms with E-state index in [1.54, 1.807) is 0 Å². The molecule has 1 saturated heterocycles. The van der Waals surface area contributed by atoms with Gasteiger partial charge in [-0.3, -0.25) is 4.90 Å². The number of hydrogen-bond donors (Lipinski definition) is 1. The Bertz CT molecular complexity index is 219. The lowest BCUT2D eigenvalue weighted by Crippen LogP contribution is -2.56. The number of rotatable bonds is 4. The molecule has 102 valence electrons. The van der Waals surface area contributed by atoms with Crippen molar-refractivity contribution in [1.82, 2.24) is 10.2 Å². The minimum absolute atomic E-state index is 0.421. The summed E-state index contributed by atoms with van der Waals surface area (Å²) in [6, 6.07) is 1.40. The van der Waals surface area contributed by atoms with Crippen LogP contribution in [-0.2, 0) is 0 Å². The van der Waals surface area contributed by atoms with Gasteiger partial charge in [-0.25, -0.2) is 0 Å². The van der Waals surface area contributed by atoms with Crippen LogP contribution >= 0.6 is 0 Å². The van der Waals surface area contributed by atoms with Crippen molar-refractivity contribution in [3.63, 3.8) is 0 Å². The molecule has 2 heteroatoms. The maximum atomic E-state index is 3.67. The van der Waals surface area contributed by atoms with E-state index in [0.717, 1.165) is 12.5 Å². The second-order valence-electron chi connectivity index (χ2n) is 6.96. The number of hydrogen-bond acceptors (Lipinski definition) is 2. The zero-order chi connectivity index (χ0) is 13.1. The van der Waals surface area contributed by atoms with E-state index in [2.05, 4.69) is 51.8 Å². The van der Waals surface area contributed by atoms with Crippen LogP contribution in [0.2, 0.25) is 0 Å². The first-order valence-electron chi connectivity index (χ1n) is 7.32. The SMILES string of the molecule is CCCC1CN(CC(C)C(C)(C)C)C(C)CN1. The van der Waals surface area contributed by atoms with E-state index in [1.165, 1.54) is 25.9 Å². The molecule has 3 atom stereocenters. The third-order valence-corrected chi connectivity index (χ3v) is 4.40. The summed E-state index contributed by atoms with van der Waals surface area (Å²) in [5.74, 6) is 0.755. The second kappa shape index (κ2) is 6.19. The maximum absolute atomic E-state index is 3.67. The van der Waals surface area contributed by atoms with Crippen LogP contribution in [0.25, 0.3) is 0 Å². The minimum atomic E-state index is 0.421. The highest BCUT2D eigenvalue weighted by molar-refractivity contribution is 4.86. The average molecular weight is 240 g/mol. The molecule has 0 amide bonds. The summed E-state index contributed by atoms with van der Waals surface area (Å²) in [6.07, 6.45) is 2.60. The van der Waals surface area contributed by atoms with E-state index in [0.29, 0.717) is 17.5 Å². The van der Waals surface area contributed by atoms with Gasteiger partial charge in [0.05, 0.1) is 0 Å². The van der Waals surface area contributed by atoms with Crippen LogP contribution in [0.4, 0.5) is 0 Å². The highest BCUT2D eigenvalue weighted by Crippen LogP contribution is 2.27. The summed E-state index contributed by atoms with van der Waals surface area (Å²) in [7, 11) is 0. The second-order valence-corrected chi connectivity index (χ2v) is 6.96. The van der Waals surface area contributed by atoms with Gasteiger partial charge < -0.3 is 5.32 Å². The Hall–Kier alpha value is -0.0800. The Labute approximate surface area is 108 Å². The molecule has 0 bridgehead atoms. The summed E-state index contributed by atoms with van der Waals surface area (Å²) < 4.78 is 0. The molecule has 1 aliphatic heterocycles. The lowest BCUT2D eigenvalue weighted by atomic mass is 9.81. The number of nitrogens with zero attached hydrogens (tertiary/aromatic N) is 1. The lowest BCUT2D eigenvalue weighted by molar-refractivity contribution is 0.0891. The van der Waals surface area contributed by atoms with Crippen LogP contribution in [0, 0.1) is 11.3 Å². The first-order chi connectivity index (χ1) is 7.84. The molecule has 0 saturated carbocycles. The molecule has 3 unspecified atom stereocenters. The molecule has 1 fully saturated rings. The van der Waals surface area contributed by atoms with Crippen LogP contribution in [0.15, 0.2) is 0 Å². The van der Waals surface area contributed by atoms with E-state index >= 15 is 0 Å². The number of nitrogens with one attached hydrogen (secondary N) is 1. The molecule has 1 heterocycles. The Morgan fingerprint density at radius 3 is 2.53 bits per heavy atom. The summed E-state index contributed by atoms with van der Waals surface area (Å²) >= 11 is 0. The van der Waals surface area contributed by atoms with Gasteiger partial charge in [-0.1, -0.05) is 41.0 Å². The normalized spacial score (nSPS) is 29.3. The smallest absolute Gasteiger partial charge is 0.0195 e. The van der Waals surface area contributed by atoms with Gasteiger partial charge in [0.25, 0.3) is 0 Å². The lowest BCUT2D eigenvalue weighted by Gasteiger charge is -2.42. The third-order valence-electron chi connectivity index (χ3n) is 4.40. The van der Waals surface area contributed by atoms with E-state index in [1.807, 2.05) is 0 Å². The largest absolute Gasteiger partial charge is 0.311 e. The van der Waals surface area contributed by atoms with Crippen LogP contribution < -0.4 is 5.32 Å². The molecule has 1 aliphatic rings. The maximum Gasteiger partial charge on any atom is 0.0195 e. The third kappa shape index (κ3) is 4.59. The van der Waals surface area contributed by atoms with Crippen LogP contribution in [0.3, 0.4) is 0 Å². The molecular weight excluding hydrogens is 208 g/mol. The summed E-state index contributed by atoms with van der Waals surface area (Å²) in [5, 5.41) is 3.67. The minimum Gasteiger partial charge on any atom is -0.311 e. The van der Waals surface area contributed by atoms with Gasteiger partial charge in [0.15, 0.2) is 0 Å². The molecule has 0 aromatic rings. The molecule has 1 rings (SSSR count).